The van der Waals surface area contributed by atoms with Crippen LogP contribution in [-0.2, 0) is 0 Å². The van der Waals surface area contributed by atoms with E-state index in [0.29, 0.717) is 12.2 Å². The molecule has 0 saturated carbocycles. The Morgan fingerprint density at radius 1 is 1.38 bits per heavy atom. The molecule has 0 spiro atoms. The minimum atomic E-state index is -0.482. The molecule has 0 aromatic heterocycles. The Labute approximate surface area is 95.3 Å². The first kappa shape index (κ1) is 11.0. The van der Waals surface area contributed by atoms with Crippen molar-refractivity contribution in [3.8, 4) is 11.5 Å². The van der Waals surface area contributed by atoms with Crippen LogP contribution in [0.2, 0.25) is 0 Å². The van der Waals surface area contributed by atoms with E-state index in [1.807, 2.05) is 38.1 Å². The van der Waals surface area contributed by atoms with Crippen molar-refractivity contribution in [1.82, 2.24) is 0 Å². The third kappa shape index (κ3) is 2.36. The minimum Gasteiger partial charge on any atom is -0.454 e. The molecule has 1 aliphatic rings. The Kier molecular flexibility index (Phi) is 3.15. The maximum atomic E-state index is 9.96. The second kappa shape index (κ2) is 4.58. The molecule has 3 heteroatoms. The molecule has 1 aliphatic heterocycles. The maximum Gasteiger partial charge on any atom is 0.231 e. The van der Waals surface area contributed by atoms with Crippen LogP contribution >= 0.6 is 0 Å². The molecule has 0 radical (unpaired) electrons. The molecule has 1 heterocycles. The monoisotopic (exact) mass is 220 g/mol. The Bertz CT molecular complexity index is 406. The van der Waals surface area contributed by atoms with E-state index < -0.39 is 6.10 Å². The maximum absolute atomic E-state index is 9.96. The van der Waals surface area contributed by atoms with E-state index in [4.69, 9.17) is 9.47 Å². The molecule has 1 N–H and O–H groups in total. The average molecular weight is 220 g/mol. The van der Waals surface area contributed by atoms with Gasteiger partial charge < -0.3 is 14.6 Å². The molecular weight excluding hydrogens is 204 g/mol. The highest BCUT2D eigenvalue weighted by atomic mass is 16.7. The lowest BCUT2D eigenvalue weighted by Gasteiger charge is -2.09. The summed E-state index contributed by atoms with van der Waals surface area (Å²) in [6, 6.07) is 5.55. The van der Waals surface area contributed by atoms with Gasteiger partial charge in [-0.05, 0) is 38.0 Å². The number of ether oxygens (including phenoxy) is 2. The predicted molar refractivity (Wildman–Crippen MR) is 61.6 cm³/mol. The first-order valence-electron chi connectivity index (χ1n) is 5.38. The van der Waals surface area contributed by atoms with E-state index >= 15 is 0 Å². The van der Waals surface area contributed by atoms with Crippen LogP contribution in [0.3, 0.4) is 0 Å². The summed E-state index contributed by atoms with van der Waals surface area (Å²) in [5, 5.41) is 9.96. The van der Waals surface area contributed by atoms with Crippen LogP contribution in [0.1, 0.15) is 31.9 Å². The highest BCUT2D eigenvalue weighted by molar-refractivity contribution is 5.45. The summed E-state index contributed by atoms with van der Waals surface area (Å²) in [5.74, 6) is 1.46. The number of aliphatic hydroxyl groups is 1. The van der Waals surface area contributed by atoms with Crippen molar-refractivity contribution in [2.24, 2.45) is 0 Å². The standard InChI is InChI=1S/C13H16O3/c1-9(2)3-5-11(14)10-4-6-12-13(7-10)16-8-15-12/h3-4,6-7,11,14H,5,8H2,1-2H3. The van der Waals surface area contributed by atoms with Crippen LogP contribution in [0.5, 0.6) is 11.5 Å². The second-order valence-electron chi connectivity index (χ2n) is 4.15. The number of allylic oxidation sites excluding steroid dienone is 1. The molecule has 1 aromatic rings. The second-order valence-corrected chi connectivity index (χ2v) is 4.15. The Balaban J connectivity index is 2.12. The van der Waals surface area contributed by atoms with Gasteiger partial charge in [0, 0.05) is 0 Å². The number of rotatable bonds is 3. The quantitative estimate of drug-likeness (QED) is 0.796. The van der Waals surface area contributed by atoms with E-state index in [-0.39, 0.29) is 6.79 Å². The third-order valence-electron chi connectivity index (χ3n) is 2.53. The van der Waals surface area contributed by atoms with E-state index in [9.17, 15) is 5.11 Å². The zero-order chi connectivity index (χ0) is 11.5. The van der Waals surface area contributed by atoms with Gasteiger partial charge in [0.15, 0.2) is 11.5 Å². The van der Waals surface area contributed by atoms with Gasteiger partial charge in [0.25, 0.3) is 0 Å². The van der Waals surface area contributed by atoms with Crippen LogP contribution in [0, 0.1) is 0 Å². The molecule has 0 aliphatic carbocycles. The number of fused-ring (bicyclic) bond motifs is 1. The van der Waals surface area contributed by atoms with Crippen molar-refractivity contribution in [3.05, 3.63) is 35.4 Å². The van der Waals surface area contributed by atoms with Crippen LogP contribution in [-0.4, -0.2) is 11.9 Å². The van der Waals surface area contributed by atoms with Crippen molar-refractivity contribution < 1.29 is 14.6 Å². The van der Waals surface area contributed by atoms with Crippen LogP contribution < -0.4 is 9.47 Å². The van der Waals surface area contributed by atoms with E-state index in [2.05, 4.69) is 0 Å². The summed E-state index contributed by atoms with van der Waals surface area (Å²) in [6.45, 7) is 4.31. The van der Waals surface area contributed by atoms with E-state index in [1.165, 1.54) is 5.57 Å². The number of hydrogen-bond acceptors (Lipinski definition) is 3. The molecular formula is C13H16O3. The van der Waals surface area contributed by atoms with Gasteiger partial charge in [0.2, 0.25) is 6.79 Å². The van der Waals surface area contributed by atoms with Crippen molar-refractivity contribution in [2.75, 3.05) is 6.79 Å². The molecule has 0 saturated heterocycles. The Morgan fingerprint density at radius 2 is 2.12 bits per heavy atom. The number of benzene rings is 1. The summed E-state index contributed by atoms with van der Waals surface area (Å²) in [5.41, 5.74) is 2.07. The normalized spacial score (nSPS) is 14.7. The van der Waals surface area contributed by atoms with Gasteiger partial charge in [-0.3, -0.25) is 0 Å². The fraction of sp³-hybridized carbons (Fsp3) is 0.385. The molecule has 1 aromatic carbocycles. The lowest BCUT2D eigenvalue weighted by Crippen LogP contribution is -1.96. The molecule has 86 valence electrons. The Morgan fingerprint density at radius 3 is 2.88 bits per heavy atom. The van der Waals surface area contributed by atoms with Crippen molar-refractivity contribution in [3.63, 3.8) is 0 Å². The summed E-state index contributed by atoms with van der Waals surface area (Å²) in [7, 11) is 0. The first-order chi connectivity index (χ1) is 7.66. The van der Waals surface area contributed by atoms with E-state index in [0.717, 1.165) is 11.3 Å². The molecule has 0 fully saturated rings. The van der Waals surface area contributed by atoms with Crippen molar-refractivity contribution in [1.29, 1.82) is 0 Å². The molecule has 0 amide bonds. The SMILES string of the molecule is CC(C)=CCC(O)c1ccc2c(c1)OCO2. The van der Waals surface area contributed by atoms with Gasteiger partial charge in [0.05, 0.1) is 6.10 Å². The molecule has 2 rings (SSSR count). The summed E-state index contributed by atoms with van der Waals surface area (Å²) < 4.78 is 10.5. The number of hydrogen-bond donors (Lipinski definition) is 1. The molecule has 1 unspecified atom stereocenters. The zero-order valence-electron chi connectivity index (χ0n) is 9.56. The van der Waals surface area contributed by atoms with Crippen LogP contribution in [0.4, 0.5) is 0 Å². The molecule has 3 nitrogen and oxygen atoms in total. The van der Waals surface area contributed by atoms with Gasteiger partial charge in [-0.25, -0.2) is 0 Å². The molecule has 16 heavy (non-hydrogen) atoms. The highest BCUT2D eigenvalue weighted by Gasteiger charge is 2.15. The summed E-state index contributed by atoms with van der Waals surface area (Å²) >= 11 is 0. The predicted octanol–water partition coefficient (Wildman–Crippen LogP) is 2.81. The fourth-order valence-electron chi connectivity index (χ4n) is 1.60. The van der Waals surface area contributed by atoms with Crippen molar-refractivity contribution in [2.45, 2.75) is 26.4 Å². The highest BCUT2D eigenvalue weighted by Crippen LogP contribution is 2.34. The van der Waals surface area contributed by atoms with Crippen LogP contribution in [0.15, 0.2) is 29.8 Å². The summed E-state index contributed by atoms with van der Waals surface area (Å²) in [6.07, 6.45) is 2.17. The average Bonchev–Trinajstić information content (AvgIpc) is 2.72. The van der Waals surface area contributed by atoms with Crippen molar-refractivity contribution >= 4 is 0 Å². The largest absolute Gasteiger partial charge is 0.454 e. The van der Waals surface area contributed by atoms with Gasteiger partial charge in [0.1, 0.15) is 0 Å². The van der Waals surface area contributed by atoms with Gasteiger partial charge in [-0.2, -0.15) is 0 Å². The minimum absolute atomic E-state index is 0.267. The Hall–Kier alpha value is -1.48. The lowest BCUT2D eigenvalue weighted by atomic mass is 10.0. The summed E-state index contributed by atoms with van der Waals surface area (Å²) in [4.78, 5) is 0. The smallest absolute Gasteiger partial charge is 0.231 e. The number of aliphatic hydroxyl groups excluding tert-OH is 1. The zero-order valence-corrected chi connectivity index (χ0v) is 9.56. The van der Waals surface area contributed by atoms with Gasteiger partial charge in [-0.15, -0.1) is 0 Å². The van der Waals surface area contributed by atoms with Gasteiger partial charge >= 0.3 is 0 Å². The van der Waals surface area contributed by atoms with Gasteiger partial charge in [-0.1, -0.05) is 17.7 Å². The molecule has 1 atom stereocenters. The lowest BCUT2D eigenvalue weighted by molar-refractivity contribution is 0.172. The fourth-order valence-corrected chi connectivity index (χ4v) is 1.60. The topological polar surface area (TPSA) is 38.7 Å². The third-order valence-corrected chi connectivity index (χ3v) is 2.53. The molecule has 0 bridgehead atoms. The van der Waals surface area contributed by atoms with Crippen LogP contribution in [0.25, 0.3) is 0 Å². The first-order valence-corrected chi connectivity index (χ1v) is 5.38. The van der Waals surface area contributed by atoms with E-state index in [1.54, 1.807) is 0 Å².